The van der Waals surface area contributed by atoms with Crippen molar-refractivity contribution in [1.82, 2.24) is 14.7 Å². The van der Waals surface area contributed by atoms with Gasteiger partial charge in [-0.15, -0.1) is 0 Å². The second kappa shape index (κ2) is 11.8. The Morgan fingerprint density at radius 2 is 1.66 bits per heavy atom. The van der Waals surface area contributed by atoms with Crippen molar-refractivity contribution in [2.24, 2.45) is 5.92 Å². The molecule has 0 aliphatic carbocycles. The van der Waals surface area contributed by atoms with Crippen molar-refractivity contribution in [3.8, 4) is 11.1 Å². The van der Waals surface area contributed by atoms with E-state index in [0.717, 1.165) is 76.1 Å². The number of fused-ring (bicyclic) bond motifs is 3. The lowest BCUT2D eigenvalue weighted by Gasteiger charge is -2.33. The molecule has 6 rings (SSSR count). The van der Waals surface area contributed by atoms with Crippen LogP contribution >= 0.6 is 0 Å². The lowest BCUT2D eigenvalue weighted by atomic mass is 9.86. The van der Waals surface area contributed by atoms with Crippen LogP contribution in [-0.4, -0.2) is 44.2 Å². The first-order valence-corrected chi connectivity index (χ1v) is 14.5. The topological polar surface area (TPSA) is 93.5 Å². The molecule has 1 aliphatic heterocycles. The summed E-state index contributed by atoms with van der Waals surface area (Å²) in [5.74, 6) is 1.19. The molecule has 1 atom stereocenters. The first kappa shape index (κ1) is 29.0. The summed E-state index contributed by atoms with van der Waals surface area (Å²) in [4.78, 5) is 5.00. The molecule has 41 heavy (non-hydrogen) atoms. The standard InChI is InChI=1S/C31H33N3O3.C3H8O/c1-19-28(20(2)37-33-19)23-16-27-29(32-18-23)25-11-10-24(31(3,4)35)17-26(25)34(27)30(21-8-6-5-7-9-21)22-12-14-36-15-13-22;1-3(2)4/h5-11,16-18,22,30,35H,12-15H2,1-4H3;3-4H,1-2H3. The zero-order chi connectivity index (χ0) is 29.3. The largest absolute Gasteiger partial charge is 0.394 e. The minimum atomic E-state index is -0.953. The predicted octanol–water partition coefficient (Wildman–Crippen LogP) is 7.09. The van der Waals surface area contributed by atoms with Crippen molar-refractivity contribution < 1.29 is 19.5 Å². The third-order valence-electron chi connectivity index (χ3n) is 7.80. The van der Waals surface area contributed by atoms with Crippen LogP contribution in [0.2, 0.25) is 0 Å². The molecule has 216 valence electrons. The third kappa shape index (κ3) is 5.94. The molecule has 0 spiro atoms. The number of aliphatic hydroxyl groups is 2. The van der Waals surface area contributed by atoms with Crippen molar-refractivity contribution in [2.45, 2.75) is 72.1 Å². The number of benzene rings is 2. The zero-order valence-corrected chi connectivity index (χ0v) is 24.9. The van der Waals surface area contributed by atoms with Gasteiger partial charge in [-0.2, -0.15) is 0 Å². The normalized spacial score (nSPS) is 15.3. The van der Waals surface area contributed by atoms with Gasteiger partial charge in [0.1, 0.15) is 5.76 Å². The van der Waals surface area contributed by atoms with Gasteiger partial charge in [0.25, 0.3) is 0 Å². The molecular formula is C34H41N3O4. The summed E-state index contributed by atoms with van der Waals surface area (Å²) >= 11 is 0. The molecule has 2 N–H and O–H groups in total. The van der Waals surface area contributed by atoms with Crippen molar-refractivity contribution in [3.63, 3.8) is 0 Å². The molecule has 7 heteroatoms. The summed E-state index contributed by atoms with van der Waals surface area (Å²) in [5.41, 5.74) is 7.15. The van der Waals surface area contributed by atoms with Crippen LogP contribution in [-0.2, 0) is 10.3 Å². The quantitative estimate of drug-likeness (QED) is 0.240. The Balaban J connectivity index is 0.000000794. The molecule has 1 aliphatic rings. The maximum atomic E-state index is 10.9. The van der Waals surface area contributed by atoms with E-state index in [4.69, 9.17) is 19.4 Å². The van der Waals surface area contributed by atoms with Crippen molar-refractivity contribution in [1.29, 1.82) is 0 Å². The summed E-state index contributed by atoms with van der Waals surface area (Å²) in [6, 6.07) is 19.3. The zero-order valence-electron chi connectivity index (χ0n) is 24.9. The molecule has 0 saturated carbocycles. The van der Waals surface area contributed by atoms with Crippen molar-refractivity contribution >= 4 is 21.9 Å². The van der Waals surface area contributed by atoms with Crippen LogP contribution in [0.3, 0.4) is 0 Å². The molecule has 0 bridgehead atoms. The summed E-state index contributed by atoms with van der Waals surface area (Å²) < 4.78 is 13.7. The van der Waals surface area contributed by atoms with Gasteiger partial charge in [0, 0.05) is 42.0 Å². The van der Waals surface area contributed by atoms with E-state index in [2.05, 4.69) is 58.3 Å². The highest BCUT2D eigenvalue weighted by molar-refractivity contribution is 6.07. The van der Waals surface area contributed by atoms with Crippen LogP contribution in [0.25, 0.3) is 33.1 Å². The van der Waals surface area contributed by atoms with Gasteiger partial charge in [-0.3, -0.25) is 4.98 Å². The van der Waals surface area contributed by atoms with Gasteiger partial charge >= 0.3 is 0 Å². The highest BCUT2D eigenvalue weighted by Gasteiger charge is 2.31. The average Bonchev–Trinajstić information content (AvgIpc) is 3.44. The van der Waals surface area contributed by atoms with Crippen LogP contribution in [0.4, 0.5) is 0 Å². The highest BCUT2D eigenvalue weighted by Crippen LogP contribution is 2.42. The Kier molecular flexibility index (Phi) is 8.32. The van der Waals surface area contributed by atoms with E-state index < -0.39 is 5.60 Å². The molecule has 4 heterocycles. The van der Waals surface area contributed by atoms with Crippen LogP contribution in [0.1, 0.15) is 69.2 Å². The molecule has 0 amide bonds. The van der Waals surface area contributed by atoms with Crippen LogP contribution in [0, 0.1) is 19.8 Å². The van der Waals surface area contributed by atoms with Gasteiger partial charge in [-0.05, 0) is 83.6 Å². The van der Waals surface area contributed by atoms with Gasteiger partial charge in [-0.25, -0.2) is 0 Å². The number of pyridine rings is 1. The van der Waals surface area contributed by atoms with E-state index >= 15 is 0 Å². The Morgan fingerprint density at radius 1 is 0.976 bits per heavy atom. The molecule has 2 aromatic carbocycles. The Bertz CT molecular complexity index is 1600. The van der Waals surface area contributed by atoms with Gasteiger partial charge < -0.3 is 24.0 Å². The number of nitrogens with zero attached hydrogens (tertiary/aromatic N) is 3. The Hall–Kier alpha value is -3.52. The summed E-state index contributed by atoms with van der Waals surface area (Å²) in [7, 11) is 0. The summed E-state index contributed by atoms with van der Waals surface area (Å²) in [6.07, 6.45) is 3.74. The molecule has 1 saturated heterocycles. The second-order valence-electron chi connectivity index (χ2n) is 11.9. The summed E-state index contributed by atoms with van der Waals surface area (Å²) in [5, 5.41) is 24.2. The van der Waals surface area contributed by atoms with E-state index in [-0.39, 0.29) is 12.1 Å². The fourth-order valence-corrected chi connectivity index (χ4v) is 5.93. The fourth-order valence-electron chi connectivity index (χ4n) is 5.93. The molecule has 1 fully saturated rings. The van der Waals surface area contributed by atoms with Gasteiger partial charge in [-0.1, -0.05) is 47.6 Å². The second-order valence-corrected chi connectivity index (χ2v) is 11.9. The number of aryl methyl sites for hydroxylation is 2. The van der Waals surface area contributed by atoms with E-state index in [1.54, 1.807) is 13.8 Å². The van der Waals surface area contributed by atoms with Crippen molar-refractivity contribution in [2.75, 3.05) is 13.2 Å². The Labute approximate surface area is 241 Å². The minimum absolute atomic E-state index is 0.101. The van der Waals surface area contributed by atoms with E-state index in [1.165, 1.54) is 5.56 Å². The average molecular weight is 556 g/mol. The molecule has 0 radical (unpaired) electrons. The molecule has 7 nitrogen and oxygen atoms in total. The maximum Gasteiger partial charge on any atom is 0.141 e. The minimum Gasteiger partial charge on any atom is -0.394 e. The number of ether oxygens (including phenoxy) is 1. The first-order chi connectivity index (χ1) is 19.6. The molecule has 5 aromatic rings. The highest BCUT2D eigenvalue weighted by atomic mass is 16.5. The van der Waals surface area contributed by atoms with Crippen molar-refractivity contribution in [3.05, 3.63) is 83.4 Å². The van der Waals surface area contributed by atoms with E-state index in [9.17, 15) is 5.11 Å². The SMILES string of the molecule is CC(C)O.Cc1noc(C)c1-c1cnc2c3ccc(C(C)(C)O)cc3n(C(c3ccccc3)C3CCOCC3)c2c1. The van der Waals surface area contributed by atoms with Crippen LogP contribution in [0.15, 0.2) is 65.3 Å². The number of aromatic nitrogens is 3. The van der Waals surface area contributed by atoms with Crippen LogP contribution < -0.4 is 0 Å². The molecule has 3 aromatic heterocycles. The van der Waals surface area contributed by atoms with Gasteiger partial charge in [0.2, 0.25) is 0 Å². The number of aliphatic hydroxyl groups excluding tert-OH is 1. The van der Waals surface area contributed by atoms with Gasteiger partial charge in [0.05, 0.1) is 33.9 Å². The molecular weight excluding hydrogens is 514 g/mol. The Morgan fingerprint density at radius 3 is 2.27 bits per heavy atom. The van der Waals surface area contributed by atoms with E-state index in [0.29, 0.717) is 5.92 Å². The number of hydrogen-bond acceptors (Lipinski definition) is 6. The fraction of sp³-hybridized carbons (Fsp3) is 0.412. The number of hydrogen-bond donors (Lipinski definition) is 2. The summed E-state index contributed by atoms with van der Waals surface area (Å²) in [6.45, 7) is 12.6. The smallest absolute Gasteiger partial charge is 0.141 e. The maximum absolute atomic E-state index is 10.9. The van der Waals surface area contributed by atoms with Crippen LogP contribution in [0.5, 0.6) is 0 Å². The third-order valence-corrected chi connectivity index (χ3v) is 7.80. The van der Waals surface area contributed by atoms with Gasteiger partial charge in [0.15, 0.2) is 0 Å². The lowest BCUT2D eigenvalue weighted by Crippen LogP contribution is -2.27. The predicted molar refractivity (Wildman–Crippen MR) is 163 cm³/mol. The lowest BCUT2D eigenvalue weighted by molar-refractivity contribution is 0.0552. The molecule has 1 unspecified atom stereocenters. The van der Waals surface area contributed by atoms with E-state index in [1.807, 2.05) is 40.0 Å². The first-order valence-electron chi connectivity index (χ1n) is 14.5. The number of rotatable bonds is 5. The monoisotopic (exact) mass is 555 g/mol.